The van der Waals surface area contributed by atoms with Gasteiger partial charge in [0.25, 0.3) is 5.91 Å². The first-order chi connectivity index (χ1) is 15.0. The highest BCUT2D eigenvalue weighted by molar-refractivity contribution is 5.95. The lowest BCUT2D eigenvalue weighted by Crippen LogP contribution is -2.39. The van der Waals surface area contributed by atoms with Gasteiger partial charge in [0.2, 0.25) is 0 Å². The topological polar surface area (TPSA) is 73.2 Å². The van der Waals surface area contributed by atoms with E-state index in [1.165, 1.54) is 0 Å². The highest BCUT2D eigenvalue weighted by Crippen LogP contribution is 2.16. The number of rotatable bonds is 9. The van der Waals surface area contributed by atoms with Crippen LogP contribution in [0.25, 0.3) is 0 Å². The molecule has 1 atom stereocenters. The van der Waals surface area contributed by atoms with Gasteiger partial charge in [-0.1, -0.05) is 30.3 Å². The van der Waals surface area contributed by atoms with Crippen molar-refractivity contribution in [3.05, 3.63) is 99.2 Å². The van der Waals surface area contributed by atoms with E-state index in [9.17, 15) is 9.59 Å². The highest BCUT2D eigenvalue weighted by atomic mass is 16.5. The summed E-state index contributed by atoms with van der Waals surface area (Å²) in [6.45, 7) is 4.70. The van der Waals surface area contributed by atoms with E-state index in [-0.39, 0.29) is 22.9 Å². The Morgan fingerprint density at radius 1 is 1.10 bits per heavy atom. The van der Waals surface area contributed by atoms with E-state index in [2.05, 4.69) is 27.0 Å². The molecule has 0 aliphatic heterocycles. The van der Waals surface area contributed by atoms with Crippen LogP contribution in [0.1, 0.15) is 39.8 Å². The van der Waals surface area contributed by atoms with Gasteiger partial charge in [0.05, 0.1) is 6.61 Å². The van der Waals surface area contributed by atoms with Crippen LogP contribution in [0, 0.1) is 6.92 Å². The number of carbonyl (C=O) groups is 1. The predicted molar refractivity (Wildman–Crippen MR) is 121 cm³/mol. The van der Waals surface area contributed by atoms with Gasteiger partial charge >= 0.3 is 0 Å². The Labute approximate surface area is 182 Å². The van der Waals surface area contributed by atoms with Gasteiger partial charge in [-0.05, 0) is 49.9 Å². The number of pyridine rings is 2. The van der Waals surface area contributed by atoms with Gasteiger partial charge in [-0.2, -0.15) is 0 Å². The maximum atomic E-state index is 13.1. The fourth-order valence-corrected chi connectivity index (χ4v) is 3.72. The van der Waals surface area contributed by atoms with Crippen LogP contribution in [0.5, 0.6) is 0 Å². The third kappa shape index (κ3) is 5.89. The Balaban J connectivity index is 2.03. The van der Waals surface area contributed by atoms with Crippen molar-refractivity contribution in [2.75, 3.05) is 13.7 Å². The lowest BCUT2D eigenvalue weighted by atomic mass is 10.0. The maximum Gasteiger partial charge on any atom is 0.257 e. The molecule has 0 fully saturated rings. The normalized spacial score (nSPS) is 11.8. The van der Waals surface area contributed by atoms with Gasteiger partial charge in [0.1, 0.15) is 5.56 Å². The molecular formula is C25H29N3O3. The minimum absolute atomic E-state index is 0.200. The predicted octanol–water partition coefficient (Wildman–Crippen LogP) is 3.15. The molecule has 162 valence electrons. The van der Waals surface area contributed by atoms with E-state index < -0.39 is 0 Å². The van der Waals surface area contributed by atoms with Crippen molar-refractivity contribution in [2.24, 2.45) is 0 Å². The van der Waals surface area contributed by atoms with Crippen LogP contribution in [0.15, 0.2) is 65.7 Å². The number of aromatic nitrogens is 2. The third-order valence-corrected chi connectivity index (χ3v) is 5.23. The molecule has 6 heteroatoms. The second-order valence-corrected chi connectivity index (χ2v) is 7.73. The zero-order valence-corrected chi connectivity index (χ0v) is 18.3. The summed E-state index contributed by atoms with van der Waals surface area (Å²) in [5.74, 6) is -0.360. The maximum absolute atomic E-state index is 13.1. The van der Waals surface area contributed by atoms with Crippen LogP contribution in [-0.2, 0) is 24.1 Å². The van der Waals surface area contributed by atoms with Crippen LogP contribution in [0.4, 0.5) is 0 Å². The number of aryl methyl sites for hydroxylation is 2. The van der Waals surface area contributed by atoms with Gasteiger partial charge < -0.3 is 14.6 Å². The molecule has 0 saturated heterocycles. The SMILES string of the molecule is COC[C@@H](C)NC(=O)c1c(CCc2ccccc2)n(Cc2ccncc2)c(C)cc1=O. The van der Waals surface area contributed by atoms with Gasteiger partial charge in [-0.25, -0.2) is 0 Å². The third-order valence-electron chi connectivity index (χ3n) is 5.23. The summed E-state index contributed by atoms with van der Waals surface area (Å²) < 4.78 is 7.19. The van der Waals surface area contributed by atoms with Crippen molar-refractivity contribution < 1.29 is 9.53 Å². The van der Waals surface area contributed by atoms with E-state index in [1.54, 1.807) is 25.6 Å². The van der Waals surface area contributed by atoms with Gasteiger partial charge in [-0.15, -0.1) is 0 Å². The number of ether oxygens (including phenoxy) is 1. The van der Waals surface area contributed by atoms with E-state index in [0.29, 0.717) is 19.6 Å². The first kappa shape index (κ1) is 22.4. The van der Waals surface area contributed by atoms with Gasteiger partial charge in [0, 0.05) is 49.5 Å². The van der Waals surface area contributed by atoms with E-state index in [4.69, 9.17) is 4.74 Å². The average Bonchev–Trinajstić information content (AvgIpc) is 2.75. The summed E-state index contributed by atoms with van der Waals surface area (Å²) in [5, 5.41) is 2.90. The first-order valence-electron chi connectivity index (χ1n) is 10.5. The fraction of sp³-hybridized carbons (Fsp3) is 0.320. The van der Waals surface area contributed by atoms with E-state index in [0.717, 1.165) is 28.9 Å². The molecule has 1 amide bonds. The standard InChI is InChI=1S/C25H29N3O3/c1-18(17-31-3)27-25(30)24-22(10-9-20-7-5-4-6-8-20)28(19(2)15-23(24)29)16-21-11-13-26-14-12-21/h4-8,11-15,18H,9-10,16-17H2,1-3H3,(H,27,30)/t18-/m1/s1. The molecule has 0 saturated carbocycles. The van der Waals surface area contributed by atoms with Crippen LogP contribution in [-0.4, -0.2) is 35.2 Å². The summed E-state index contributed by atoms with van der Waals surface area (Å²) in [5.41, 5.74) is 3.74. The number of hydrogen-bond acceptors (Lipinski definition) is 4. The lowest BCUT2D eigenvalue weighted by molar-refractivity contribution is 0.0902. The van der Waals surface area contributed by atoms with Crippen molar-refractivity contribution in [1.29, 1.82) is 0 Å². The Bertz CT molecular complexity index is 1060. The molecule has 0 radical (unpaired) electrons. The molecule has 3 aromatic rings. The Morgan fingerprint density at radius 3 is 2.48 bits per heavy atom. The summed E-state index contributed by atoms with van der Waals surface area (Å²) in [6, 6.07) is 15.3. The molecule has 1 N–H and O–H groups in total. The lowest BCUT2D eigenvalue weighted by Gasteiger charge is -2.21. The van der Waals surface area contributed by atoms with Crippen molar-refractivity contribution in [3.63, 3.8) is 0 Å². The molecule has 6 nitrogen and oxygen atoms in total. The summed E-state index contributed by atoms with van der Waals surface area (Å²) in [6.07, 6.45) is 4.80. The number of carbonyl (C=O) groups excluding carboxylic acids is 1. The van der Waals surface area contributed by atoms with Gasteiger partial charge in [0.15, 0.2) is 5.43 Å². The molecule has 1 aromatic carbocycles. The number of amides is 1. The minimum Gasteiger partial charge on any atom is -0.383 e. The Hall–Kier alpha value is -3.25. The molecule has 0 spiro atoms. The van der Waals surface area contributed by atoms with Crippen LogP contribution in [0.3, 0.4) is 0 Å². The smallest absolute Gasteiger partial charge is 0.257 e. The number of nitrogens with one attached hydrogen (secondary N) is 1. The van der Waals surface area contributed by atoms with E-state index in [1.807, 2.05) is 44.2 Å². The largest absolute Gasteiger partial charge is 0.383 e. The Morgan fingerprint density at radius 2 is 1.81 bits per heavy atom. The summed E-state index contributed by atoms with van der Waals surface area (Å²) >= 11 is 0. The highest BCUT2D eigenvalue weighted by Gasteiger charge is 2.21. The zero-order chi connectivity index (χ0) is 22.2. The molecule has 0 aliphatic rings. The van der Waals surface area contributed by atoms with Crippen molar-refractivity contribution in [1.82, 2.24) is 14.9 Å². The fourth-order valence-electron chi connectivity index (χ4n) is 3.72. The number of benzene rings is 1. The molecule has 3 rings (SSSR count). The summed E-state index contributed by atoms with van der Waals surface area (Å²) in [7, 11) is 1.58. The average molecular weight is 420 g/mol. The quantitative estimate of drug-likeness (QED) is 0.578. The van der Waals surface area contributed by atoms with Crippen LogP contribution < -0.4 is 10.7 Å². The monoisotopic (exact) mass is 419 g/mol. The van der Waals surface area contributed by atoms with Gasteiger partial charge in [-0.3, -0.25) is 14.6 Å². The van der Waals surface area contributed by atoms with Crippen molar-refractivity contribution >= 4 is 5.91 Å². The number of hydrogen-bond donors (Lipinski definition) is 1. The second kappa shape index (κ2) is 10.7. The van der Waals surface area contributed by atoms with Crippen molar-refractivity contribution in [2.45, 2.75) is 39.3 Å². The molecule has 2 heterocycles. The van der Waals surface area contributed by atoms with Crippen LogP contribution >= 0.6 is 0 Å². The van der Waals surface area contributed by atoms with E-state index >= 15 is 0 Å². The van der Waals surface area contributed by atoms with Crippen LogP contribution in [0.2, 0.25) is 0 Å². The zero-order valence-electron chi connectivity index (χ0n) is 18.3. The minimum atomic E-state index is -0.360. The molecule has 0 aliphatic carbocycles. The molecular weight excluding hydrogens is 390 g/mol. The number of methoxy groups -OCH3 is 1. The molecule has 31 heavy (non-hydrogen) atoms. The summed E-state index contributed by atoms with van der Waals surface area (Å²) in [4.78, 5) is 30.1. The molecule has 2 aromatic heterocycles. The molecule has 0 bridgehead atoms. The second-order valence-electron chi connectivity index (χ2n) is 7.73. The molecule has 0 unspecified atom stereocenters. The Kier molecular flexibility index (Phi) is 7.73. The first-order valence-corrected chi connectivity index (χ1v) is 10.5. The van der Waals surface area contributed by atoms with Crippen molar-refractivity contribution in [3.8, 4) is 0 Å². The number of nitrogens with zero attached hydrogens (tertiary/aromatic N) is 2.